The molecule has 1 amide bonds. The number of benzene rings is 1. The summed E-state index contributed by atoms with van der Waals surface area (Å²) in [6.45, 7) is 7.68. The molecule has 0 fully saturated rings. The zero-order valence-corrected chi connectivity index (χ0v) is 24.3. The Morgan fingerprint density at radius 1 is 1.21 bits per heavy atom. The molecule has 3 unspecified atom stereocenters. The lowest BCUT2D eigenvalue weighted by atomic mass is 9.84. The SMILES string of the molecule is COCCN(CCCCC1C=CC2=C(NCCC2)P1)CCC(NC(=O)C(C)(C)Cc1ccccc1)C(=O)O. The van der Waals surface area contributed by atoms with Gasteiger partial charge in [0.25, 0.3) is 0 Å². The number of aliphatic carboxylic acids is 1. The van der Waals surface area contributed by atoms with Crippen molar-refractivity contribution < 1.29 is 19.4 Å². The third kappa shape index (κ3) is 9.83. The first-order chi connectivity index (χ1) is 18.3. The van der Waals surface area contributed by atoms with Gasteiger partial charge in [-0.1, -0.05) is 71.3 Å². The fourth-order valence-electron chi connectivity index (χ4n) is 5.04. The van der Waals surface area contributed by atoms with E-state index in [-0.39, 0.29) is 5.91 Å². The number of carbonyl (C=O) groups is 2. The minimum absolute atomic E-state index is 0.232. The quantitative estimate of drug-likeness (QED) is 0.209. The molecule has 210 valence electrons. The van der Waals surface area contributed by atoms with Crippen LogP contribution in [0.5, 0.6) is 0 Å². The zero-order chi connectivity index (χ0) is 27.4. The van der Waals surface area contributed by atoms with Crippen LogP contribution in [0.2, 0.25) is 0 Å². The Labute approximate surface area is 230 Å². The molecule has 0 radical (unpaired) electrons. The molecule has 2 aliphatic rings. The number of nitrogens with zero attached hydrogens (tertiary/aromatic N) is 1. The summed E-state index contributed by atoms with van der Waals surface area (Å²) < 4.78 is 5.30. The van der Waals surface area contributed by atoms with Gasteiger partial charge in [0, 0.05) is 43.3 Å². The Balaban J connectivity index is 1.44. The van der Waals surface area contributed by atoms with E-state index in [2.05, 4.69) is 27.7 Å². The molecule has 0 saturated carbocycles. The Morgan fingerprint density at radius 3 is 2.74 bits per heavy atom. The van der Waals surface area contributed by atoms with Gasteiger partial charge >= 0.3 is 5.97 Å². The van der Waals surface area contributed by atoms with Crippen LogP contribution in [0.3, 0.4) is 0 Å². The lowest BCUT2D eigenvalue weighted by Crippen LogP contribution is -2.48. The van der Waals surface area contributed by atoms with E-state index in [4.69, 9.17) is 4.74 Å². The van der Waals surface area contributed by atoms with Crippen LogP contribution in [0.25, 0.3) is 0 Å². The van der Waals surface area contributed by atoms with Gasteiger partial charge in [-0.2, -0.15) is 0 Å². The van der Waals surface area contributed by atoms with Crippen LogP contribution < -0.4 is 10.6 Å². The number of hydrogen-bond donors (Lipinski definition) is 3. The fourth-order valence-corrected chi connectivity index (χ4v) is 6.57. The predicted octanol–water partition coefficient (Wildman–Crippen LogP) is 4.55. The first-order valence-electron chi connectivity index (χ1n) is 14.0. The summed E-state index contributed by atoms with van der Waals surface area (Å²) in [5.74, 6) is -1.22. The molecule has 1 aromatic carbocycles. The maximum absolute atomic E-state index is 13.0. The fraction of sp³-hybridized carbons (Fsp3) is 0.600. The summed E-state index contributed by atoms with van der Waals surface area (Å²) in [7, 11) is 2.53. The summed E-state index contributed by atoms with van der Waals surface area (Å²) >= 11 is 0. The summed E-state index contributed by atoms with van der Waals surface area (Å²) in [5, 5.41) is 16.2. The van der Waals surface area contributed by atoms with Crippen molar-refractivity contribution in [2.75, 3.05) is 39.9 Å². The second-order valence-corrected chi connectivity index (χ2v) is 12.6. The molecule has 3 atom stereocenters. The molecule has 0 saturated heterocycles. The number of methoxy groups -OCH3 is 1. The summed E-state index contributed by atoms with van der Waals surface area (Å²) in [5.41, 5.74) is 3.95. The minimum Gasteiger partial charge on any atom is -0.480 e. The van der Waals surface area contributed by atoms with Crippen molar-refractivity contribution in [2.45, 2.75) is 70.5 Å². The van der Waals surface area contributed by atoms with Gasteiger partial charge in [0.2, 0.25) is 5.91 Å². The first kappa shape index (κ1) is 30.3. The van der Waals surface area contributed by atoms with Crippen LogP contribution in [-0.2, 0) is 20.7 Å². The molecule has 0 aliphatic carbocycles. The topological polar surface area (TPSA) is 90.9 Å². The van der Waals surface area contributed by atoms with Gasteiger partial charge in [-0.05, 0) is 56.2 Å². The molecular weight excluding hydrogens is 497 g/mol. The van der Waals surface area contributed by atoms with Gasteiger partial charge < -0.3 is 25.4 Å². The maximum atomic E-state index is 13.0. The molecule has 2 aliphatic heterocycles. The number of hydrogen-bond acceptors (Lipinski definition) is 5. The van der Waals surface area contributed by atoms with E-state index in [9.17, 15) is 14.7 Å². The molecule has 38 heavy (non-hydrogen) atoms. The molecule has 1 aromatic rings. The van der Waals surface area contributed by atoms with Crippen molar-refractivity contribution in [1.82, 2.24) is 15.5 Å². The Hall–Kier alpha value is -2.21. The predicted molar refractivity (Wildman–Crippen MR) is 156 cm³/mol. The van der Waals surface area contributed by atoms with Gasteiger partial charge in [0.1, 0.15) is 6.04 Å². The molecular formula is C30H46N3O4P. The molecule has 7 nitrogen and oxygen atoms in total. The number of allylic oxidation sites excluding steroid dienone is 3. The monoisotopic (exact) mass is 543 g/mol. The van der Waals surface area contributed by atoms with E-state index < -0.39 is 17.4 Å². The summed E-state index contributed by atoms with van der Waals surface area (Å²) in [6.07, 6.45) is 11.5. The second kappa shape index (κ2) is 15.4. The van der Waals surface area contributed by atoms with Crippen molar-refractivity contribution in [3.8, 4) is 0 Å². The van der Waals surface area contributed by atoms with Gasteiger partial charge in [0.15, 0.2) is 0 Å². The van der Waals surface area contributed by atoms with E-state index >= 15 is 0 Å². The van der Waals surface area contributed by atoms with Gasteiger partial charge in [0.05, 0.1) is 6.61 Å². The molecule has 8 heteroatoms. The van der Waals surface area contributed by atoms with E-state index in [1.54, 1.807) is 7.11 Å². The van der Waals surface area contributed by atoms with E-state index in [1.165, 1.54) is 30.3 Å². The number of amides is 1. The maximum Gasteiger partial charge on any atom is 0.326 e. The molecule has 3 N–H and O–H groups in total. The summed E-state index contributed by atoms with van der Waals surface area (Å²) in [6, 6.07) is 8.91. The minimum atomic E-state index is -0.990. The van der Waals surface area contributed by atoms with Crippen LogP contribution in [-0.4, -0.2) is 73.5 Å². The lowest BCUT2D eigenvalue weighted by Gasteiger charge is -2.28. The number of ether oxygens (including phenoxy) is 1. The van der Waals surface area contributed by atoms with Crippen LogP contribution in [0.4, 0.5) is 0 Å². The number of carbonyl (C=O) groups excluding carboxylic acids is 1. The third-order valence-electron chi connectivity index (χ3n) is 7.40. The van der Waals surface area contributed by atoms with Crippen molar-refractivity contribution in [3.05, 3.63) is 59.1 Å². The molecule has 0 aromatic heterocycles. The Kier molecular flexibility index (Phi) is 12.3. The molecule has 3 rings (SSSR count). The lowest BCUT2D eigenvalue weighted by molar-refractivity contribution is -0.143. The van der Waals surface area contributed by atoms with Crippen molar-refractivity contribution in [3.63, 3.8) is 0 Å². The standard InChI is InChI=1S/C30H46N3O4P/c1-30(2,22-23-10-5-4-6-11-23)29(36)32-26(28(34)35)16-19-33(20-21-37-3)18-8-7-13-25-15-14-24-12-9-17-31-27(24)38-25/h4-6,10-11,14-15,25-26,31,38H,7-9,12-13,16-22H2,1-3H3,(H,32,36)(H,34,35). The van der Waals surface area contributed by atoms with E-state index in [0.29, 0.717) is 31.7 Å². The molecule has 0 bridgehead atoms. The number of nitrogens with one attached hydrogen (secondary N) is 2. The zero-order valence-electron chi connectivity index (χ0n) is 23.3. The first-order valence-corrected chi connectivity index (χ1v) is 15.1. The average molecular weight is 544 g/mol. The Morgan fingerprint density at radius 2 is 2.00 bits per heavy atom. The van der Waals surface area contributed by atoms with Gasteiger partial charge in [-0.3, -0.25) is 4.79 Å². The van der Waals surface area contributed by atoms with Crippen LogP contribution in [0, 0.1) is 5.41 Å². The highest BCUT2D eigenvalue weighted by Gasteiger charge is 2.31. The van der Waals surface area contributed by atoms with Crippen molar-refractivity contribution in [1.29, 1.82) is 0 Å². The van der Waals surface area contributed by atoms with Crippen molar-refractivity contribution in [2.24, 2.45) is 5.41 Å². The number of rotatable bonds is 16. The highest BCUT2D eigenvalue weighted by molar-refractivity contribution is 7.44. The number of unbranched alkanes of at least 4 members (excludes halogenated alkanes) is 1. The van der Waals surface area contributed by atoms with Gasteiger partial charge in [-0.15, -0.1) is 0 Å². The average Bonchev–Trinajstić information content (AvgIpc) is 2.91. The van der Waals surface area contributed by atoms with E-state index in [1.807, 2.05) is 44.2 Å². The van der Waals surface area contributed by atoms with Crippen LogP contribution >= 0.6 is 8.58 Å². The largest absolute Gasteiger partial charge is 0.480 e. The Bertz CT molecular complexity index is 964. The molecule has 0 spiro atoms. The van der Waals surface area contributed by atoms with Gasteiger partial charge in [-0.25, -0.2) is 4.79 Å². The molecule has 2 heterocycles. The number of carboxylic acids is 1. The summed E-state index contributed by atoms with van der Waals surface area (Å²) in [4.78, 5) is 27.3. The third-order valence-corrected chi connectivity index (χ3v) is 9.04. The highest BCUT2D eigenvalue weighted by Crippen LogP contribution is 2.40. The second-order valence-electron chi connectivity index (χ2n) is 11.1. The van der Waals surface area contributed by atoms with Crippen LogP contribution in [0.15, 0.2) is 53.5 Å². The normalized spacial score (nSPS) is 18.8. The van der Waals surface area contributed by atoms with Crippen LogP contribution in [0.1, 0.15) is 57.9 Å². The van der Waals surface area contributed by atoms with Crippen molar-refractivity contribution >= 4 is 20.5 Å². The smallest absolute Gasteiger partial charge is 0.326 e. The van der Waals surface area contributed by atoms with E-state index in [0.717, 1.165) is 46.6 Å². The number of carboxylic acid groups (broad SMARTS) is 1. The highest BCUT2D eigenvalue weighted by atomic mass is 31.1.